The fourth-order valence-electron chi connectivity index (χ4n) is 1.67. The van der Waals surface area contributed by atoms with Gasteiger partial charge in [-0.05, 0) is 26.0 Å². The van der Waals surface area contributed by atoms with Crippen LogP contribution in [0.15, 0.2) is 41.7 Å². The van der Waals surface area contributed by atoms with Gasteiger partial charge in [-0.15, -0.1) is 10.2 Å². The lowest BCUT2D eigenvalue weighted by Gasteiger charge is -2.08. The van der Waals surface area contributed by atoms with Crippen molar-refractivity contribution in [2.75, 3.05) is 0 Å². The summed E-state index contributed by atoms with van der Waals surface area (Å²) in [6.07, 6.45) is 1.67. The molecule has 19 heavy (non-hydrogen) atoms. The molecule has 2 aromatic rings. The maximum absolute atomic E-state index is 5.76. The Morgan fingerprint density at radius 3 is 2.79 bits per heavy atom. The molecule has 0 atom stereocenters. The third-order valence-corrected chi connectivity index (χ3v) is 2.48. The van der Waals surface area contributed by atoms with Gasteiger partial charge >= 0.3 is 0 Å². The average Bonchev–Trinajstić information content (AvgIpc) is 2.85. The second kappa shape index (κ2) is 5.99. The number of aromatic nitrogens is 3. The van der Waals surface area contributed by atoms with Gasteiger partial charge in [0.15, 0.2) is 11.8 Å². The predicted molar refractivity (Wildman–Crippen MR) is 75.0 cm³/mol. The third kappa shape index (κ3) is 3.54. The van der Waals surface area contributed by atoms with Crippen LogP contribution < -0.4 is 11.1 Å². The Bertz CT molecular complexity index is 543. The van der Waals surface area contributed by atoms with Crippen LogP contribution >= 0.6 is 0 Å². The molecule has 100 valence electrons. The predicted octanol–water partition coefficient (Wildman–Crippen LogP) is 1.08. The van der Waals surface area contributed by atoms with E-state index < -0.39 is 0 Å². The Balaban J connectivity index is 2.13. The fraction of sp³-hybridized carbons (Fsp3) is 0.308. The average molecular weight is 258 g/mol. The summed E-state index contributed by atoms with van der Waals surface area (Å²) in [6, 6.07) is 10.2. The molecule has 6 nitrogen and oxygen atoms in total. The van der Waals surface area contributed by atoms with E-state index in [0.29, 0.717) is 12.5 Å². The molecule has 6 heteroatoms. The summed E-state index contributed by atoms with van der Waals surface area (Å²) in [4.78, 5) is 4.25. The highest BCUT2D eigenvalue weighted by Crippen LogP contribution is 2.09. The lowest BCUT2D eigenvalue weighted by molar-refractivity contribution is 0.720. The van der Waals surface area contributed by atoms with Crippen LogP contribution in [0.25, 0.3) is 5.69 Å². The van der Waals surface area contributed by atoms with Gasteiger partial charge in [0.05, 0.1) is 0 Å². The van der Waals surface area contributed by atoms with Crippen molar-refractivity contribution in [3.63, 3.8) is 0 Å². The lowest BCUT2D eigenvalue weighted by Crippen LogP contribution is -2.36. The van der Waals surface area contributed by atoms with Gasteiger partial charge in [-0.25, -0.2) is 4.99 Å². The highest BCUT2D eigenvalue weighted by Gasteiger charge is 2.05. The molecule has 0 radical (unpaired) electrons. The number of rotatable bonds is 4. The highest BCUT2D eigenvalue weighted by molar-refractivity contribution is 5.77. The Morgan fingerprint density at radius 2 is 2.11 bits per heavy atom. The van der Waals surface area contributed by atoms with E-state index >= 15 is 0 Å². The fourth-order valence-corrected chi connectivity index (χ4v) is 1.67. The van der Waals surface area contributed by atoms with E-state index in [-0.39, 0.29) is 6.04 Å². The first-order valence-electron chi connectivity index (χ1n) is 6.17. The molecule has 1 heterocycles. The Morgan fingerprint density at radius 1 is 1.37 bits per heavy atom. The minimum Gasteiger partial charge on any atom is -0.370 e. The summed E-state index contributed by atoms with van der Waals surface area (Å²) in [5, 5.41) is 11.0. The summed E-state index contributed by atoms with van der Waals surface area (Å²) >= 11 is 0. The molecule has 0 spiro atoms. The zero-order valence-electron chi connectivity index (χ0n) is 11.1. The van der Waals surface area contributed by atoms with Crippen LogP contribution in [0, 0.1) is 0 Å². The first-order valence-corrected chi connectivity index (χ1v) is 6.17. The van der Waals surface area contributed by atoms with E-state index in [4.69, 9.17) is 5.73 Å². The molecular formula is C13H18N6. The van der Waals surface area contributed by atoms with E-state index in [1.165, 1.54) is 0 Å². The molecule has 3 N–H and O–H groups in total. The number of hydrogen-bond acceptors (Lipinski definition) is 3. The zero-order valence-corrected chi connectivity index (χ0v) is 11.1. The standard InChI is InChI=1S/C13H18N6/c1-10(2)17-13(14)15-8-12-18-16-9-19(12)11-6-4-3-5-7-11/h3-7,9-10H,8H2,1-2H3,(H3,14,15,17). The second-order valence-electron chi connectivity index (χ2n) is 4.45. The van der Waals surface area contributed by atoms with Gasteiger partial charge in [-0.1, -0.05) is 18.2 Å². The van der Waals surface area contributed by atoms with Gasteiger partial charge < -0.3 is 11.1 Å². The summed E-state index contributed by atoms with van der Waals surface area (Å²) < 4.78 is 1.89. The number of guanidine groups is 1. The Hall–Kier alpha value is -2.37. The zero-order chi connectivity index (χ0) is 13.7. The molecule has 0 saturated carbocycles. The molecule has 0 amide bonds. The van der Waals surface area contributed by atoms with Crippen molar-refractivity contribution in [2.24, 2.45) is 10.7 Å². The molecule has 1 aromatic heterocycles. The molecule has 0 aliphatic carbocycles. The molecule has 0 saturated heterocycles. The van der Waals surface area contributed by atoms with Crippen LogP contribution in [0.3, 0.4) is 0 Å². The van der Waals surface area contributed by atoms with E-state index in [0.717, 1.165) is 11.5 Å². The van der Waals surface area contributed by atoms with Gasteiger partial charge in [-0.2, -0.15) is 0 Å². The van der Waals surface area contributed by atoms with Gasteiger partial charge in [0.2, 0.25) is 0 Å². The van der Waals surface area contributed by atoms with Crippen molar-refractivity contribution in [2.45, 2.75) is 26.4 Å². The Labute approximate surface area is 112 Å². The quantitative estimate of drug-likeness (QED) is 0.635. The van der Waals surface area contributed by atoms with Crippen molar-refractivity contribution in [3.05, 3.63) is 42.5 Å². The summed E-state index contributed by atoms with van der Waals surface area (Å²) in [7, 11) is 0. The lowest BCUT2D eigenvalue weighted by atomic mass is 10.3. The molecule has 0 unspecified atom stereocenters. The Kier molecular flexibility index (Phi) is 4.12. The molecular weight excluding hydrogens is 240 g/mol. The SMILES string of the molecule is CC(C)NC(N)=NCc1nncn1-c1ccccc1. The summed E-state index contributed by atoms with van der Waals surface area (Å²) in [5.41, 5.74) is 6.77. The normalized spacial score (nSPS) is 11.8. The van der Waals surface area contributed by atoms with Crippen LogP contribution in [0.5, 0.6) is 0 Å². The van der Waals surface area contributed by atoms with Crippen LogP contribution in [-0.2, 0) is 6.54 Å². The maximum Gasteiger partial charge on any atom is 0.189 e. The van der Waals surface area contributed by atoms with Crippen molar-refractivity contribution in [3.8, 4) is 5.69 Å². The largest absolute Gasteiger partial charge is 0.370 e. The van der Waals surface area contributed by atoms with E-state index in [2.05, 4.69) is 20.5 Å². The van der Waals surface area contributed by atoms with E-state index in [1.807, 2.05) is 48.7 Å². The summed E-state index contributed by atoms with van der Waals surface area (Å²) in [6.45, 7) is 4.41. The molecule has 2 rings (SSSR count). The second-order valence-corrected chi connectivity index (χ2v) is 4.45. The van der Waals surface area contributed by atoms with Crippen LogP contribution in [0.2, 0.25) is 0 Å². The third-order valence-electron chi connectivity index (χ3n) is 2.48. The van der Waals surface area contributed by atoms with Gasteiger partial charge in [0.1, 0.15) is 12.9 Å². The van der Waals surface area contributed by atoms with Crippen molar-refractivity contribution < 1.29 is 0 Å². The number of nitrogens with zero attached hydrogens (tertiary/aromatic N) is 4. The molecule has 0 aliphatic rings. The molecule has 0 bridgehead atoms. The van der Waals surface area contributed by atoms with Crippen LogP contribution in [0.1, 0.15) is 19.7 Å². The van der Waals surface area contributed by atoms with E-state index in [9.17, 15) is 0 Å². The van der Waals surface area contributed by atoms with Crippen molar-refractivity contribution >= 4 is 5.96 Å². The monoisotopic (exact) mass is 258 g/mol. The minimum atomic E-state index is 0.260. The molecule has 1 aromatic carbocycles. The maximum atomic E-state index is 5.76. The number of nitrogens with one attached hydrogen (secondary N) is 1. The van der Waals surface area contributed by atoms with E-state index in [1.54, 1.807) is 6.33 Å². The number of para-hydroxylation sites is 1. The van der Waals surface area contributed by atoms with Gasteiger partial charge in [-0.3, -0.25) is 4.57 Å². The van der Waals surface area contributed by atoms with Gasteiger partial charge in [0, 0.05) is 11.7 Å². The molecule has 0 aliphatic heterocycles. The topological polar surface area (TPSA) is 81.1 Å². The number of benzene rings is 1. The number of nitrogens with two attached hydrogens (primary N) is 1. The number of aliphatic imine (C=N–C) groups is 1. The van der Waals surface area contributed by atoms with Crippen LogP contribution in [-0.4, -0.2) is 26.8 Å². The summed E-state index contributed by atoms with van der Waals surface area (Å²) in [5.74, 6) is 1.16. The first-order chi connectivity index (χ1) is 9.16. The van der Waals surface area contributed by atoms with Crippen molar-refractivity contribution in [1.82, 2.24) is 20.1 Å². The molecule has 0 fully saturated rings. The van der Waals surface area contributed by atoms with Gasteiger partial charge in [0.25, 0.3) is 0 Å². The highest BCUT2D eigenvalue weighted by atomic mass is 15.3. The number of hydrogen-bond donors (Lipinski definition) is 2. The smallest absolute Gasteiger partial charge is 0.189 e. The first kappa shape index (κ1) is 13.1. The van der Waals surface area contributed by atoms with Crippen LogP contribution in [0.4, 0.5) is 0 Å². The van der Waals surface area contributed by atoms with Crippen molar-refractivity contribution in [1.29, 1.82) is 0 Å². The minimum absolute atomic E-state index is 0.260.